The quantitative estimate of drug-likeness (QED) is 0.430. The summed E-state index contributed by atoms with van der Waals surface area (Å²) in [6.45, 7) is 0. The van der Waals surface area contributed by atoms with Crippen LogP contribution >= 0.6 is 0 Å². The Hall–Kier alpha value is -0.780. The van der Waals surface area contributed by atoms with Crippen molar-refractivity contribution >= 4 is 0 Å². The molecule has 1 aliphatic rings. The third-order valence-electron chi connectivity index (χ3n) is 1.25. The van der Waals surface area contributed by atoms with Gasteiger partial charge in [-0.15, -0.1) is 0 Å². The van der Waals surface area contributed by atoms with Crippen LogP contribution in [0.3, 0.4) is 0 Å². The number of rotatable bonds is 0. The molecule has 0 fully saturated rings. The van der Waals surface area contributed by atoms with Crippen LogP contribution in [0.4, 0.5) is 0 Å². The smallest absolute Gasteiger partial charge is 0.0166 e. The third-order valence-corrected chi connectivity index (χ3v) is 1.25. The van der Waals surface area contributed by atoms with Gasteiger partial charge in [-0.2, -0.15) is 0 Å². The highest BCUT2D eigenvalue weighted by Gasteiger charge is 1.78. The van der Waals surface area contributed by atoms with Gasteiger partial charge in [0.1, 0.15) is 0 Å². The van der Waals surface area contributed by atoms with Gasteiger partial charge in [-0.1, -0.05) is 30.4 Å². The van der Waals surface area contributed by atoms with Gasteiger partial charge in [0.25, 0.3) is 0 Å². The van der Waals surface area contributed by atoms with E-state index in [1.807, 2.05) is 6.08 Å². The van der Waals surface area contributed by atoms with Crippen molar-refractivity contribution in [1.82, 2.24) is 0 Å². The van der Waals surface area contributed by atoms with E-state index in [1.165, 1.54) is 0 Å². The van der Waals surface area contributed by atoms with Crippen molar-refractivity contribution in [2.75, 3.05) is 0 Å². The molecule has 0 aromatic carbocycles. The first-order valence-corrected chi connectivity index (χ1v) is 3.38. The Morgan fingerprint density at radius 1 is 1.00 bits per heavy atom. The summed E-state index contributed by atoms with van der Waals surface area (Å²) in [4.78, 5) is 0. The molecular formula is C9H11. The standard InChI is InChI=1S/C9H11/c1-2-4-6-8-9-7-5-3-1/h1-2,5,7-8H,3-4,6H2. The largest absolute Gasteiger partial charge is 0.0879 e. The average molecular weight is 119 g/mol. The Morgan fingerprint density at radius 3 is 3.00 bits per heavy atom. The van der Waals surface area contributed by atoms with Crippen LogP contribution < -0.4 is 0 Å². The zero-order valence-electron chi connectivity index (χ0n) is 5.51. The van der Waals surface area contributed by atoms with Gasteiger partial charge in [0.2, 0.25) is 0 Å². The van der Waals surface area contributed by atoms with Crippen molar-refractivity contribution in [2.24, 2.45) is 0 Å². The highest BCUT2D eigenvalue weighted by Crippen LogP contribution is 1.97. The molecule has 47 valence electrons. The molecule has 0 saturated heterocycles. The lowest BCUT2D eigenvalue weighted by atomic mass is 10.3. The number of allylic oxidation sites excluding steroid dienone is 6. The topological polar surface area (TPSA) is 0 Å². The highest BCUT2D eigenvalue weighted by molar-refractivity contribution is 5.02. The molecule has 0 nitrogen and oxygen atoms in total. The fourth-order valence-corrected chi connectivity index (χ4v) is 0.760. The van der Waals surface area contributed by atoms with Crippen LogP contribution in [0.5, 0.6) is 0 Å². The van der Waals surface area contributed by atoms with E-state index >= 15 is 0 Å². The molecule has 0 heteroatoms. The van der Waals surface area contributed by atoms with Gasteiger partial charge >= 0.3 is 0 Å². The van der Waals surface area contributed by atoms with Crippen molar-refractivity contribution < 1.29 is 0 Å². The minimum atomic E-state index is 1.06. The van der Waals surface area contributed by atoms with E-state index in [0.29, 0.717) is 0 Å². The van der Waals surface area contributed by atoms with E-state index < -0.39 is 0 Å². The Labute approximate surface area is 56.6 Å². The predicted octanol–water partition coefficient (Wildman–Crippen LogP) is 2.64. The molecule has 0 aliphatic heterocycles. The molecular weight excluding hydrogens is 108 g/mol. The highest BCUT2D eigenvalue weighted by atomic mass is 13.8. The monoisotopic (exact) mass is 119 g/mol. The van der Waals surface area contributed by atoms with Gasteiger partial charge in [0.15, 0.2) is 0 Å². The molecule has 1 rings (SSSR count). The maximum Gasteiger partial charge on any atom is -0.0166 e. The second-order valence-electron chi connectivity index (χ2n) is 2.06. The van der Waals surface area contributed by atoms with Gasteiger partial charge in [-0.25, -0.2) is 0 Å². The third kappa shape index (κ3) is 2.91. The summed E-state index contributed by atoms with van der Waals surface area (Å²) in [6.07, 6.45) is 17.0. The summed E-state index contributed by atoms with van der Waals surface area (Å²) < 4.78 is 0. The molecule has 9 heavy (non-hydrogen) atoms. The van der Waals surface area contributed by atoms with Crippen molar-refractivity contribution in [2.45, 2.75) is 19.3 Å². The molecule has 0 spiro atoms. The lowest BCUT2D eigenvalue weighted by molar-refractivity contribution is 1.04. The molecule has 0 N–H and O–H groups in total. The minimum absolute atomic E-state index is 1.06. The Bertz CT molecular complexity index is 138. The second-order valence-corrected chi connectivity index (χ2v) is 2.06. The molecule has 0 atom stereocenters. The fraction of sp³-hybridized carbons (Fsp3) is 0.333. The van der Waals surface area contributed by atoms with Crippen LogP contribution in [0.25, 0.3) is 0 Å². The lowest BCUT2D eigenvalue weighted by Gasteiger charge is -1.81. The van der Waals surface area contributed by atoms with Crippen molar-refractivity contribution in [3.05, 3.63) is 36.5 Å². The zero-order valence-corrected chi connectivity index (χ0v) is 5.51. The summed E-state index contributed by atoms with van der Waals surface area (Å²) >= 11 is 0. The molecule has 0 aromatic heterocycles. The van der Waals surface area contributed by atoms with Crippen LogP contribution in [-0.2, 0) is 0 Å². The van der Waals surface area contributed by atoms with E-state index in [1.54, 1.807) is 0 Å². The van der Waals surface area contributed by atoms with Gasteiger partial charge in [-0.05, 0) is 25.3 Å². The van der Waals surface area contributed by atoms with Crippen molar-refractivity contribution in [3.63, 3.8) is 0 Å². The van der Waals surface area contributed by atoms with Gasteiger partial charge in [-0.3, -0.25) is 0 Å². The van der Waals surface area contributed by atoms with Crippen LogP contribution in [-0.4, -0.2) is 0 Å². The number of hydrogen-bond acceptors (Lipinski definition) is 0. The lowest BCUT2D eigenvalue weighted by Crippen LogP contribution is -1.61. The molecule has 0 bridgehead atoms. The summed E-state index contributed by atoms with van der Waals surface area (Å²) in [5.41, 5.74) is 0. The van der Waals surface area contributed by atoms with E-state index in [4.69, 9.17) is 0 Å². The normalized spacial score (nSPS) is 18.7. The molecule has 0 saturated carbocycles. The van der Waals surface area contributed by atoms with Gasteiger partial charge < -0.3 is 0 Å². The van der Waals surface area contributed by atoms with Gasteiger partial charge in [0, 0.05) is 0 Å². The molecule has 0 heterocycles. The second kappa shape index (κ2) is 4.13. The van der Waals surface area contributed by atoms with E-state index in [-0.39, 0.29) is 0 Å². The van der Waals surface area contributed by atoms with Crippen LogP contribution in [0.1, 0.15) is 19.3 Å². The fourth-order valence-electron chi connectivity index (χ4n) is 0.760. The van der Waals surface area contributed by atoms with Crippen molar-refractivity contribution in [3.8, 4) is 0 Å². The Balaban J connectivity index is 2.43. The minimum Gasteiger partial charge on any atom is -0.0879 e. The zero-order chi connectivity index (χ0) is 6.36. The predicted molar refractivity (Wildman–Crippen MR) is 39.9 cm³/mol. The average Bonchev–Trinajstić information content (AvgIpc) is 2.00. The maximum absolute atomic E-state index is 3.08. The molecule has 0 unspecified atom stereocenters. The first-order valence-electron chi connectivity index (χ1n) is 3.38. The number of hydrogen-bond donors (Lipinski definition) is 0. The maximum atomic E-state index is 3.08. The Morgan fingerprint density at radius 2 is 2.00 bits per heavy atom. The molecule has 1 aliphatic carbocycles. The van der Waals surface area contributed by atoms with E-state index in [2.05, 4.69) is 30.4 Å². The van der Waals surface area contributed by atoms with Crippen LogP contribution in [0.2, 0.25) is 0 Å². The van der Waals surface area contributed by atoms with Crippen molar-refractivity contribution in [1.29, 1.82) is 0 Å². The summed E-state index contributed by atoms with van der Waals surface area (Å²) in [6, 6.07) is 0. The summed E-state index contributed by atoms with van der Waals surface area (Å²) in [5.74, 6) is 0. The summed E-state index contributed by atoms with van der Waals surface area (Å²) in [7, 11) is 0. The Kier molecular flexibility index (Phi) is 2.91. The van der Waals surface area contributed by atoms with E-state index in [9.17, 15) is 0 Å². The molecule has 1 radical (unpaired) electrons. The first kappa shape index (κ1) is 6.34. The SMILES string of the molecule is [C]1=CCCC=CCC=C1. The first-order chi connectivity index (χ1) is 4.50. The molecule has 0 aromatic rings. The summed E-state index contributed by atoms with van der Waals surface area (Å²) in [5, 5.41) is 0. The van der Waals surface area contributed by atoms with Gasteiger partial charge in [0.05, 0.1) is 0 Å². The molecule has 0 amide bonds. The van der Waals surface area contributed by atoms with Crippen LogP contribution in [0.15, 0.2) is 30.4 Å². The van der Waals surface area contributed by atoms with Crippen LogP contribution in [0, 0.1) is 6.08 Å². The van der Waals surface area contributed by atoms with E-state index in [0.717, 1.165) is 19.3 Å².